The lowest BCUT2D eigenvalue weighted by molar-refractivity contribution is 0.630. The second kappa shape index (κ2) is 6.37. The van der Waals surface area contributed by atoms with Gasteiger partial charge < -0.3 is 5.73 Å². The zero-order chi connectivity index (χ0) is 12.3. The summed E-state index contributed by atoms with van der Waals surface area (Å²) in [7, 11) is 0. The normalized spacial score (nSPS) is 26.8. The summed E-state index contributed by atoms with van der Waals surface area (Å²) in [5.41, 5.74) is 7.61. The molecule has 2 N–H and O–H groups in total. The standard InChI is InChI=1S/C13H18ClNS2/c1-2-11-13(17-8-7-16-11)12(15)9-3-5-10(14)6-4-9/h3-6,11-13H,2,7-8,15H2,1H3. The van der Waals surface area contributed by atoms with Crippen LogP contribution in [0.15, 0.2) is 24.3 Å². The SMILES string of the molecule is CCC1SCCSC1C(N)c1ccc(Cl)cc1. The van der Waals surface area contributed by atoms with Crippen molar-refractivity contribution in [3.05, 3.63) is 34.9 Å². The lowest BCUT2D eigenvalue weighted by atomic mass is 10.0. The summed E-state index contributed by atoms with van der Waals surface area (Å²) in [6.45, 7) is 2.26. The van der Waals surface area contributed by atoms with Crippen LogP contribution >= 0.6 is 35.1 Å². The Morgan fingerprint density at radius 2 is 1.94 bits per heavy atom. The van der Waals surface area contributed by atoms with Gasteiger partial charge in [0, 0.05) is 33.1 Å². The molecule has 94 valence electrons. The van der Waals surface area contributed by atoms with Crippen LogP contribution in [-0.4, -0.2) is 22.0 Å². The topological polar surface area (TPSA) is 26.0 Å². The van der Waals surface area contributed by atoms with Gasteiger partial charge in [-0.2, -0.15) is 23.5 Å². The molecule has 0 spiro atoms. The van der Waals surface area contributed by atoms with Crippen molar-refractivity contribution in [2.45, 2.75) is 29.9 Å². The maximum Gasteiger partial charge on any atom is 0.0426 e. The molecule has 2 rings (SSSR count). The highest BCUT2D eigenvalue weighted by Gasteiger charge is 2.30. The van der Waals surface area contributed by atoms with Crippen LogP contribution in [0.4, 0.5) is 0 Å². The molecular weight excluding hydrogens is 270 g/mol. The van der Waals surface area contributed by atoms with Crippen LogP contribution in [0, 0.1) is 0 Å². The van der Waals surface area contributed by atoms with Crippen molar-refractivity contribution in [2.75, 3.05) is 11.5 Å². The Labute approximate surface area is 117 Å². The average molecular weight is 288 g/mol. The number of hydrogen-bond donors (Lipinski definition) is 1. The van der Waals surface area contributed by atoms with Crippen LogP contribution in [0.2, 0.25) is 5.02 Å². The van der Waals surface area contributed by atoms with Crippen molar-refractivity contribution in [3.63, 3.8) is 0 Å². The molecule has 4 heteroatoms. The maximum absolute atomic E-state index is 6.41. The summed E-state index contributed by atoms with van der Waals surface area (Å²) in [4.78, 5) is 0. The summed E-state index contributed by atoms with van der Waals surface area (Å²) >= 11 is 10.0. The van der Waals surface area contributed by atoms with Crippen molar-refractivity contribution in [2.24, 2.45) is 5.73 Å². The van der Waals surface area contributed by atoms with Crippen LogP contribution < -0.4 is 5.73 Å². The quantitative estimate of drug-likeness (QED) is 0.911. The maximum atomic E-state index is 6.41. The Bertz CT molecular complexity index is 355. The fourth-order valence-corrected chi connectivity index (χ4v) is 5.45. The fraction of sp³-hybridized carbons (Fsp3) is 0.538. The van der Waals surface area contributed by atoms with Crippen molar-refractivity contribution < 1.29 is 0 Å². The molecule has 0 aromatic heterocycles. The molecule has 0 radical (unpaired) electrons. The number of nitrogens with two attached hydrogens (primary N) is 1. The van der Waals surface area contributed by atoms with E-state index in [0.29, 0.717) is 10.5 Å². The number of benzene rings is 1. The minimum atomic E-state index is 0.120. The van der Waals surface area contributed by atoms with Gasteiger partial charge in [0.15, 0.2) is 0 Å². The fourth-order valence-electron chi connectivity index (χ4n) is 2.15. The summed E-state index contributed by atoms with van der Waals surface area (Å²) in [6.07, 6.45) is 1.20. The van der Waals surface area contributed by atoms with Gasteiger partial charge in [-0.3, -0.25) is 0 Å². The van der Waals surface area contributed by atoms with E-state index in [9.17, 15) is 0 Å². The summed E-state index contributed by atoms with van der Waals surface area (Å²) in [5, 5.41) is 1.98. The first-order chi connectivity index (χ1) is 8.22. The highest BCUT2D eigenvalue weighted by molar-refractivity contribution is 8.07. The third-order valence-corrected chi connectivity index (χ3v) is 6.73. The van der Waals surface area contributed by atoms with Gasteiger partial charge in [0.2, 0.25) is 0 Å². The number of rotatable bonds is 3. The first kappa shape index (κ1) is 13.6. The van der Waals surface area contributed by atoms with E-state index in [-0.39, 0.29) is 6.04 Å². The summed E-state index contributed by atoms with van der Waals surface area (Å²) < 4.78 is 0. The van der Waals surface area contributed by atoms with Gasteiger partial charge in [-0.25, -0.2) is 0 Å². The van der Waals surface area contributed by atoms with E-state index >= 15 is 0 Å². The Balaban J connectivity index is 2.12. The summed E-state index contributed by atoms with van der Waals surface area (Å²) in [6, 6.07) is 8.09. The molecule has 0 aliphatic carbocycles. The lowest BCUT2D eigenvalue weighted by Gasteiger charge is -2.34. The van der Waals surface area contributed by atoms with E-state index in [4.69, 9.17) is 17.3 Å². The molecule has 3 unspecified atom stereocenters. The van der Waals surface area contributed by atoms with Crippen molar-refractivity contribution in [1.29, 1.82) is 0 Å². The van der Waals surface area contributed by atoms with Gasteiger partial charge in [0.05, 0.1) is 0 Å². The van der Waals surface area contributed by atoms with Crippen molar-refractivity contribution >= 4 is 35.1 Å². The third-order valence-electron chi connectivity index (χ3n) is 3.10. The Morgan fingerprint density at radius 1 is 1.29 bits per heavy atom. The zero-order valence-corrected chi connectivity index (χ0v) is 12.3. The van der Waals surface area contributed by atoms with Crippen molar-refractivity contribution in [3.8, 4) is 0 Å². The van der Waals surface area contributed by atoms with Gasteiger partial charge in [-0.1, -0.05) is 30.7 Å². The molecule has 3 atom stereocenters. The minimum absolute atomic E-state index is 0.120. The molecular formula is C13H18ClNS2. The van der Waals surface area contributed by atoms with Gasteiger partial charge in [0.25, 0.3) is 0 Å². The Kier molecular flexibility index (Phi) is 5.10. The molecule has 1 fully saturated rings. The highest BCUT2D eigenvalue weighted by Crippen LogP contribution is 2.39. The lowest BCUT2D eigenvalue weighted by Crippen LogP contribution is -2.35. The summed E-state index contributed by atoms with van der Waals surface area (Å²) in [5.74, 6) is 2.47. The Hall–Kier alpha value is 0.170. The first-order valence-corrected chi connectivity index (χ1v) is 8.44. The van der Waals surface area contributed by atoms with Crippen LogP contribution in [-0.2, 0) is 0 Å². The van der Waals surface area contributed by atoms with Crippen LogP contribution in [0.3, 0.4) is 0 Å². The number of halogens is 1. The van der Waals surface area contributed by atoms with E-state index in [1.807, 2.05) is 23.9 Å². The zero-order valence-electron chi connectivity index (χ0n) is 9.93. The second-order valence-corrected chi connectivity index (χ2v) is 7.30. The molecule has 1 saturated heterocycles. The smallest absolute Gasteiger partial charge is 0.0426 e. The molecule has 1 aliphatic rings. The van der Waals surface area contributed by atoms with Gasteiger partial charge in [-0.05, 0) is 24.1 Å². The van der Waals surface area contributed by atoms with E-state index in [1.54, 1.807) is 0 Å². The van der Waals surface area contributed by atoms with Crippen LogP contribution in [0.1, 0.15) is 24.9 Å². The van der Waals surface area contributed by atoms with Gasteiger partial charge >= 0.3 is 0 Å². The molecule has 1 aliphatic heterocycles. The van der Waals surface area contributed by atoms with Crippen LogP contribution in [0.5, 0.6) is 0 Å². The molecule has 1 aromatic carbocycles. The number of hydrogen-bond acceptors (Lipinski definition) is 3. The molecule has 17 heavy (non-hydrogen) atoms. The molecule has 0 bridgehead atoms. The monoisotopic (exact) mass is 287 g/mol. The predicted octanol–water partition coefficient (Wildman–Crippen LogP) is 3.97. The van der Waals surface area contributed by atoms with Gasteiger partial charge in [-0.15, -0.1) is 0 Å². The van der Waals surface area contributed by atoms with Crippen LogP contribution in [0.25, 0.3) is 0 Å². The van der Waals surface area contributed by atoms with E-state index in [2.05, 4.69) is 30.8 Å². The molecule has 1 nitrogen and oxygen atoms in total. The predicted molar refractivity (Wildman–Crippen MR) is 81.2 cm³/mol. The van der Waals surface area contributed by atoms with Gasteiger partial charge in [0.1, 0.15) is 0 Å². The number of thioether (sulfide) groups is 2. The van der Waals surface area contributed by atoms with E-state index in [0.717, 1.165) is 5.02 Å². The molecule has 1 aromatic rings. The molecule has 0 saturated carbocycles. The molecule has 0 amide bonds. The van der Waals surface area contributed by atoms with Crippen molar-refractivity contribution in [1.82, 2.24) is 0 Å². The largest absolute Gasteiger partial charge is 0.323 e. The van der Waals surface area contributed by atoms with E-state index < -0.39 is 0 Å². The average Bonchev–Trinajstić information content (AvgIpc) is 2.39. The third kappa shape index (κ3) is 3.34. The highest BCUT2D eigenvalue weighted by atomic mass is 35.5. The minimum Gasteiger partial charge on any atom is -0.323 e. The first-order valence-electron chi connectivity index (χ1n) is 5.96. The van der Waals surface area contributed by atoms with E-state index in [1.165, 1.54) is 23.5 Å². The second-order valence-electron chi connectivity index (χ2n) is 4.23. The Morgan fingerprint density at radius 3 is 2.59 bits per heavy atom. The molecule has 1 heterocycles.